The first kappa shape index (κ1) is 22.8. The van der Waals surface area contributed by atoms with Crippen LogP contribution in [0.25, 0.3) is 0 Å². The molecule has 31 heavy (non-hydrogen) atoms. The largest absolute Gasteiger partial charge is 0.452 e. The van der Waals surface area contributed by atoms with Gasteiger partial charge < -0.3 is 14.8 Å². The second-order valence-corrected chi connectivity index (χ2v) is 8.68. The third-order valence-corrected chi connectivity index (χ3v) is 6.47. The highest BCUT2D eigenvalue weighted by Gasteiger charge is 2.27. The smallest absolute Gasteiger partial charge is 0.341 e. The monoisotopic (exact) mass is 454 g/mol. The molecule has 166 valence electrons. The van der Waals surface area contributed by atoms with Crippen molar-refractivity contribution in [2.24, 2.45) is 0 Å². The number of hydrogen-bond acceptors (Lipinski definition) is 6. The van der Waals surface area contributed by atoms with E-state index in [-0.39, 0.29) is 23.7 Å². The predicted octanol–water partition coefficient (Wildman–Crippen LogP) is 2.09. The van der Waals surface area contributed by atoms with Crippen molar-refractivity contribution < 1.29 is 36.3 Å². The van der Waals surface area contributed by atoms with Crippen LogP contribution in [0.5, 0.6) is 0 Å². The Kier molecular flexibility index (Phi) is 6.98. The number of anilines is 1. The number of morpholine rings is 1. The molecular formula is C20H20F2N2O6S. The lowest BCUT2D eigenvalue weighted by atomic mass is 10.2. The van der Waals surface area contributed by atoms with Gasteiger partial charge in [-0.3, -0.25) is 4.79 Å². The molecule has 0 radical (unpaired) electrons. The van der Waals surface area contributed by atoms with Gasteiger partial charge in [0.15, 0.2) is 6.61 Å². The minimum atomic E-state index is -3.76. The molecule has 0 aliphatic carbocycles. The molecule has 0 atom stereocenters. The fourth-order valence-corrected chi connectivity index (χ4v) is 4.32. The molecule has 0 saturated carbocycles. The number of aryl methyl sites for hydroxylation is 1. The van der Waals surface area contributed by atoms with Gasteiger partial charge in [0, 0.05) is 24.8 Å². The highest BCUT2D eigenvalue weighted by molar-refractivity contribution is 7.89. The maximum Gasteiger partial charge on any atom is 0.341 e. The zero-order valence-corrected chi connectivity index (χ0v) is 17.4. The lowest BCUT2D eigenvalue weighted by Gasteiger charge is -2.26. The van der Waals surface area contributed by atoms with Gasteiger partial charge in [0.2, 0.25) is 10.0 Å². The Hall–Kier alpha value is -2.89. The maximum atomic E-state index is 13.6. The first-order valence-electron chi connectivity index (χ1n) is 9.29. The average molecular weight is 454 g/mol. The third kappa shape index (κ3) is 5.43. The fraction of sp³-hybridized carbons (Fsp3) is 0.300. The van der Waals surface area contributed by atoms with Crippen LogP contribution in [0.4, 0.5) is 14.5 Å². The molecule has 2 aromatic rings. The van der Waals surface area contributed by atoms with Crippen molar-refractivity contribution in [2.45, 2.75) is 11.8 Å². The van der Waals surface area contributed by atoms with Crippen LogP contribution < -0.4 is 5.32 Å². The van der Waals surface area contributed by atoms with Crippen molar-refractivity contribution in [1.82, 2.24) is 4.31 Å². The molecule has 1 aliphatic heterocycles. The van der Waals surface area contributed by atoms with Crippen LogP contribution in [0.3, 0.4) is 0 Å². The van der Waals surface area contributed by atoms with Gasteiger partial charge in [0.1, 0.15) is 11.6 Å². The molecule has 1 heterocycles. The summed E-state index contributed by atoms with van der Waals surface area (Å²) in [5.41, 5.74) is 0.303. The molecular weight excluding hydrogens is 434 g/mol. The van der Waals surface area contributed by atoms with Gasteiger partial charge in [-0.15, -0.1) is 0 Å². The number of hydrogen-bond donors (Lipinski definition) is 1. The minimum Gasteiger partial charge on any atom is -0.452 e. The van der Waals surface area contributed by atoms with Crippen molar-refractivity contribution >= 4 is 27.6 Å². The first-order valence-corrected chi connectivity index (χ1v) is 10.7. The molecule has 1 aliphatic rings. The summed E-state index contributed by atoms with van der Waals surface area (Å²) >= 11 is 0. The lowest BCUT2D eigenvalue weighted by molar-refractivity contribution is -0.119. The fourth-order valence-electron chi connectivity index (χ4n) is 2.88. The van der Waals surface area contributed by atoms with Crippen molar-refractivity contribution in [3.05, 3.63) is 59.2 Å². The number of benzene rings is 2. The van der Waals surface area contributed by atoms with Gasteiger partial charge in [-0.1, -0.05) is 6.07 Å². The van der Waals surface area contributed by atoms with Gasteiger partial charge in [0.05, 0.1) is 23.7 Å². The molecule has 1 saturated heterocycles. The van der Waals surface area contributed by atoms with E-state index in [9.17, 15) is 26.8 Å². The number of carbonyl (C=O) groups is 2. The van der Waals surface area contributed by atoms with E-state index in [1.807, 2.05) is 0 Å². The maximum absolute atomic E-state index is 13.6. The number of rotatable bonds is 6. The Morgan fingerprint density at radius 3 is 2.52 bits per heavy atom. The van der Waals surface area contributed by atoms with Crippen LogP contribution in [-0.2, 0) is 24.3 Å². The van der Waals surface area contributed by atoms with Gasteiger partial charge in [-0.05, 0) is 36.8 Å². The molecule has 0 unspecified atom stereocenters. The van der Waals surface area contributed by atoms with Crippen LogP contribution in [-0.4, -0.2) is 57.5 Å². The summed E-state index contributed by atoms with van der Waals surface area (Å²) in [5.74, 6) is -3.84. The quantitative estimate of drug-likeness (QED) is 0.671. The van der Waals surface area contributed by atoms with E-state index in [1.165, 1.54) is 16.4 Å². The molecule has 11 heteroatoms. The van der Waals surface area contributed by atoms with Crippen LogP contribution in [0.2, 0.25) is 0 Å². The highest BCUT2D eigenvalue weighted by atomic mass is 32.2. The molecule has 0 aromatic heterocycles. The Morgan fingerprint density at radius 2 is 1.84 bits per heavy atom. The second kappa shape index (κ2) is 9.50. The summed E-state index contributed by atoms with van der Waals surface area (Å²) in [6.07, 6.45) is 0. The van der Waals surface area contributed by atoms with E-state index in [2.05, 4.69) is 5.32 Å². The molecule has 2 aromatic carbocycles. The zero-order valence-electron chi connectivity index (χ0n) is 16.6. The van der Waals surface area contributed by atoms with Crippen molar-refractivity contribution in [3.8, 4) is 0 Å². The number of nitrogens with zero attached hydrogens (tertiary/aromatic N) is 1. The number of nitrogens with one attached hydrogen (secondary N) is 1. The number of halogens is 2. The molecule has 0 spiro atoms. The summed E-state index contributed by atoms with van der Waals surface area (Å²) in [7, 11) is -3.76. The summed E-state index contributed by atoms with van der Waals surface area (Å²) in [5, 5.41) is 2.48. The first-order chi connectivity index (χ1) is 14.7. The Bertz CT molecular complexity index is 1100. The molecule has 8 nitrogen and oxygen atoms in total. The zero-order chi connectivity index (χ0) is 22.6. The van der Waals surface area contributed by atoms with E-state index in [4.69, 9.17) is 9.47 Å². The van der Waals surface area contributed by atoms with Gasteiger partial charge in [-0.2, -0.15) is 4.31 Å². The normalized spacial score (nSPS) is 14.8. The van der Waals surface area contributed by atoms with Crippen molar-refractivity contribution in [1.29, 1.82) is 0 Å². The van der Waals surface area contributed by atoms with Crippen molar-refractivity contribution in [2.75, 3.05) is 38.2 Å². The number of sulfonamides is 1. The van der Waals surface area contributed by atoms with Gasteiger partial charge in [0.25, 0.3) is 5.91 Å². The number of amides is 1. The van der Waals surface area contributed by atoms with Gasteiger partial charge in [-0.25, -0.2) is 22.0 Å². The van der Waals surface area contributed by atoms with E-state index in [0.29, 0.717) is 24.8 Å². The molecule has 1 fully saturated rings. The molecule has 1 N–H and O–H groups in total. The van der Waals surface area contributed by atoms with Crippen LogP contribution >= 0.6 is 0 Å². The molecule has 0 bridgehead atoms. The Labute approximate surface area is 177 Å². The number of carbonyl (C=O) groups excluding carboxylic acids is 2. The topological polar surface area (TPSA) is 102 Å². The summed E-state index contributed by atoms with van der Waals surface area (Å²) < 4.78 is 63.4. The van der Waals surface area contributed by atoms with Crippen LogP contribution in [0.15, 0.2) is 41.3 Å². The predicted molar refractivity (Wildman–Crippen MR) is 106 cm³/mol. The van der Waals surface area contributed by atoms with Crippen LogP contribution in [0.1, 0.15) is 15.9 Å². The van der Waals surface area contributed by atoms with Crippen LogP contribution in [0, 0.1) is 18.6 Å². The number of ether oxygens (including phenoxy) is 2. The molecule has 1 amide bonds. The highest BCUT2D eigenvalue weighted by Crippen LogP contribution is 2.23. The summed E-state index contributed by atoms with van der Waals surface area (Å²) in [6.45, 7) is 1.99. The summed E-state index contributed by atoms with van der Waals surface area (Å²) in [6, 6.07) is 6.63. The van der Waals surface area contributed by atoms with E-state index < -0.39 is 45.7 Å². The van der Waals surface area contributed by atoms with E-state index in [1.54, 1.807) is 13.0 Å². The van der Waals surface area contributed by atoms with Crippen molar-refractivity contribution in [3.63, 3.8) is 0 Å². The van der Waals surface area contributed by atoms with Gasteiger partial charge >= 0.3 is 5.97 Å². The average Bonchev–Trinajstić information content (AvgIpc) is 2.74. The lowest BCUT2D eigenvalue weighted by Crippen LogP contribution is -2.40. The standard InChI is InChI=1S/C20H20F2N2O6S/c1-13-2-4-15(31(27,28)24-6-8-29-9-7-24)11-18(13)23-19(25)12-30-20(26)16-5-3-14(21)10-17(16)22/h2-5,10-11H,6-9,12H2,1H3,(H,23,25). The minimum absolute atomic E-state index is 0.000628. The second-order valence-electron chi connectivity index (χ2n) is 6.74. The molecule has 3 rings (SSSR count). The Balaban J connectivity index is 1.67. The van der Waals surface area contributed by atoms with E-state index >= 15 is 0 Å². The van der Waals surface area contributed by atoms with E-state index in [0.717, 1.165) is 12.1 Å². The summed E-state index contributed by atoms with van der Waals surface area (Å²) in [4.78, 5) is 24.1. The SMILES string of the molecule is Cc1ccc(S(=O)(=O)N2CCOCC2)cc1NC(=O)COC(=O)c1ccc(F)cc1F. The third-order valence-electron chi connectivity index (χ3n) is 4.58. The Morgan fingerprint density at radius 1 is 1.13 bits per heavy atom. The number of esters is 1.